The lowest BCUT2D eigenvalue weighted by Crippen LogP contribution is -2.39. The second-order valence-electron chi connectivity index (χ2n) is 6.83. The summed E-state index contributed by atoms with van der Waals surface area (Å²) in [5.74, 6) is -0.874. The Bertz CT molecular complexity index is 830. The number of carboxylic acid groups (broad SMARTS) is 1. The SMILES string of the molecule is O=C(O)c1ccccc1CC1CCN(C(=O)c2cccc(C(F)F)c2)CC1. The van der Waals surface area contributed by atoms with Crippen LogP contribution in [0.15, 0.2) is 48.5 Å². The van der Waals surface area contributed by atoms with Gasteiger partial charge in [-0.1, -0.05) is 30.3 Å². The Morgan fingerprint density at radius 2 is 1.78 bits per heavy atom. The summed E-state index contributed by atoms with van der Waals surface area (Å²) in [4.78, 5) is 25.6. The highest BCUT2D eigenvalue weighted by Crippen LogP contribution is 2.25. The molecule has 1 amide bonds. The first-order chi connectivity index (χ1) is 13.0. The zero-order valence-corrected chi connectivity index (χ0v) is 14.8. The van der Waals surface area contributed by atoms with Crippen LogP contribution in [0.3, 0.4) is 0 Å². The highest BCUT2D eigenvalue weighted by molar-refractivity contribution is 5.94. The fourth-order valence-corrected chi connectivity index (χ4v) is 3.55. The van der Waals surface area contributed by atoms with Crippen LogP contribution in [0.5, 0.6) is 0 Å². The van der Waals surface area contributed by atoms with Gasteiger partial charge in [-0.3, -0.25) is 4.79 Å². The molecule has 0 aliphatic carbocycles. The topological polar surface area (TPSA) is 57.6 Å². The number of benzene rings is 2. The Morgan fingerprint density at radius 3 is 2.44 bits per heavy atom. The molecule has 1 aliphatic heterocycles. The summed E-state index contributed by atoms with van der Waals surface area (Å²) in [6, 6.07) is 12.6. The Labute approximate surface area is 156 Å². The molecule has 1 heterocycles. The summed E-state index contributed by atoms with van der Waals surface area (Å²) in [7, 11) is 0. The van der Waals surface area contributed by atoms with Gasteiger partial charge < -0.3 is 10.0 Å². The lowest BCUT2D eigenvalue weighted by molar-refractivity contribution is 0.0690. The van der Waals surface area contributed by atoms with Crippen LogP contribution in [-0.4, -0.2) is 35.0 Å². The number of hydrogen-bond acceptors (Lipinski definition) is 2. The van der Waals surface area contributed by atoms with E-state index in [2.05, 4.69) is 0 Å². The average Bonchev–Trinajstić information content (AvgIpc) is 2.68. The molecule has 1 saturated heterocycles. The summed E-state index contributed by atoms with van der Waals surface area (Å²) in [5, 5.41) is 9.29. The van der Waals surface area contributed by atoms with Gasteiger partial charge in [-0.05, 0) is 48.9 Å². The van der Waals surface area contributed by atoms with Gasteiger partial charge in [0.25, 0.3) is 12.3 Å². The lowest BCUT2D eigenvalue weighted by Gasteiger charge is -2.32. The lowest BCUT2D eigenvalue weighted by atomic mass is 9.88. The number of carboxylic acids is 1. The van der Waals surface area contributed by atoms with E-state index in [9.17, 15) is 23.5 Å². The molecule has 2 aromatic carbocycles. The summed E-state index contributed by atoms with van der Waals surface area (Å²) >= 11 is 0. The van der Waals surface area contributed by atoms with E-state index in [-0.39, 0.29) is 17.0 Å². The molecule has 0 unspecified atom stereocenters. The van der Waals surface area contributed by atoms with Crippen molar-refractivity contribution >= 4 is 11.9 Å². The number of hydrogen-bond donors (Lipinski definition) is 1. The van der Waals surface area contributed by atoms with Gasteiger partial charge in [0.1, 0.15) is 0 Å². The van der Waals surface area contributed by atoms with E-state index in [4.69, 9.17) is 0 Å². The van der Waals surface area contributed by atoms with Crippen molar-refractivity contribution in [3.8, 4) is 0 Å². The second kappa shape index (κ2) is 8.29. The molecule has 3 rings (SSSR count). The number of amides is 1. The molecule has 142 valence electrons. The van der Waals surface area contributed by atoms with Crippen LogP contribution in [0.2, 0.25) is 0 Å². The van der Waals surface area contributed by atoms with Gasteiger partial charge in [0.05, 0.1) is 5.56 Å². The molecule has 1 fully saturated rings. The molecular formula is C21H21F2NO3. The number of aromatic carboxylic acids is 1. The number of carbonyl (C=O) groups is 2. The maximum atomic E-state index is 12.8. The minimum Gasteiger partial charge on any atom is -0.478 e. The number of nitrogens with zero attached hydrogens (tertiary/aromatic N) is 1. The van der Waals surface area contributed by atoms with Crippen LogP contribution in [-0.2, 0) is 6.42 Å². The quantitative estimate of drug-likeness (QED) is 0.844. The molecule has 1 aliphatic rings. The van der Waals surface area contributed by atoms with Crippen LogP contribution < -0.4 is 0 Å². The van der Waals surface area contributed by atoms with Crippen LogP contribution >= 0.6 is 0 Å². The van der Waals surface area contributed by atoms with Gasteiger partial charge in [-0.25, -0.2) is 13.6 Å². The molecule has 0 aromatic heterocycles. The minimum absolute atomic E-state index is 0.152. The number of likely N-dealkylation sites (tertiary alicyclic amines) is 1. The maximum Gasteiger partial charge on any atom is 0.335 e. The zero-order chi connectivity index (χ0) is 19.4. The van der Waals surface area contributed by atoms with Crippen molar-refractivity contribution in [1.29, 1.82) is 0 Å². The highest BCUT2D eigenvalue weighted by Gasteiger charge is 2.25. The maximum absolute atomic E-state index is 12.8. The van der Waals surface area contributed by atoms with Crippen molar-refractivity contribution in [3.05, 3.63) is 70.8 Å². The highest BCUT2D eigenvalue weighted by atomic mass is 19.3. The Balaban J connectivity index is 1.61. The van der Waals surface area contributed by atoms with Crippen molar-refractivity contribution in [2.75, 3.05) is 13.1 Å². The van der Waals surface area contributed by atoms with Crippen molar-refractivity contribution in [2.24, 2.45) is 5.92 Å². The number of rotatable bonds is 5. The first-order valence-electron chi connectivity index (χ1n) is 8.94. The van der Waals surface area contributed by atoms with Gasteiger partial charge >= 0.3 is 5.97 Å². The fourth-order valence-electron chi connectivity index (χ4n) is 3.55. The smallest absolute Gasteiger partial charge is 0.335 e. The van der Waals surface area contributed by atoms with Crippen molar-refractivity contribution in [1.82, 2.24) is 4.90 Å². The van der Waals surface area contributed by atoms with Crippen LogP contribution in [0.1, 0.15) is 51.1 Å². The molecular weight excluding hydrogens is 352 g/mol. The third kappa shape index (κ3) is 4.51. The summed E-state index contributed by atoms with van der Waals surface area (Å²) in [6.07, 6.45) is -0.425. The van der Waals surface area contributed by atoms with Gasteiger partial charge in [-0.15, -0.1) is 0 Å². The summed E-state index contributed by atoms with van der Waals surface area (Å²) in [6.45, 7) is 1.08. The standard InChI is InChI=1S/C21H21F2NO3/c22-19(23)16-5-3-6-17(13-16)20(25)24-10-8-14(9-11-24)12-15-4-1-2-7-18(15)21(26)27/h1-7,13-14,19H,8-12H2,(H,26,27). The third-order valence-corrected chi connectivity index (χ3v) is 5.04. The van der Waals surface area contributed by atoms with E-state index in [1.807, 2.05) is 12.1 Å². The van der Waals surface area contributed by atoms with Crippen LogP contribution in [0.25, 0.3) is 0 Å². The number of alkyl halides is 2. The normalized spacial score (nSPS) is 15.1. The van der Waals surface area contributed by atoms with Crippen LogP contribution in [0.4, 0.5) is 8.78 Å². The van der Waals surface area contributed by atoms with Gasteiger partial charge in [0.2, 0.25) is 0 Å². The van der Waals surface area contributed by atoms with Crippen molar-refractivity contribution in [2.45, 2.75) is 25.7 Å². The molecule has 4 nitrogen and oxygen atoms in total. The zero-order valence-electron chi connectivity index (χ0n) is 14.8. The van der Waals surface area contributed by atoms with Gasteiger partial charge in [-0.2, -0.15) is 0 Å². The van der Waals surface area contributed by atoms with Crippen LogP contribution in [0, 0.1) is 5.92 Å². The first kappa shape index (κ1) is 19.0. The minimum atomic E-state index is -2.60. The second-order valence-corrected chi connectivity index (χ2v) is 6.83. The van der Waals surface area contributed by atoms with E-state index >= 15 is 0 Å². The number of carbonyl (C=O) groups excluding carboxylic acids is 1. The third-order valence-electron chi connectivity index (χ3n) is 5.04. The average molecular weight is 373 g/mol. The molecule has 0 radical (unpaired) electrons. The molecule has 27 heavy (non-hydrogen) atoms. The van der Waals surface area contributed by atoms with E-state index < -0.39 is 12.4 Å². The van der Waals surface area contributed by atoms with E-state index in [0.717, 1.165) is 18.4 Å². The Hall–Kier alpha value is -2.76. The van der Waals surface area contributed by atoms with Gasteiger partial charge in [0, 0.05) is 24.2 Å². The van der Waals surface area contributed by atoms with E-state index in [1.165, 1.54) is 18.2 Å². The van der Waals surface area contributed by atoms with E-state index in [0.29, 0.717) is 31.0 Å². The summed E-state index contributed by atoms with van der Waals surface area (Å²) < 4.78 is 25.7. The first-order valence-corrected chi connectivity index (χ1v) is 8.94. The van der Waals surface area contributed by atoms with Crippen molar-refractivity contribution < 1.29 is 23.5 Å². The van der Waals surface area contributed by atoms with Gasteiger partial charge in [0.15, 0.2) is 0 Å². The molecule has 6 heteroatoms. The molecule has 2 aromatic rings. The monoisotopic (exact) mass is 373 g/mol. The number of piperidine rings is 1. The molecule has 0 saturated carbocycles. The van der Waals surface area contributed by atoms with Crippen molar-refractivity contribution in [3.63, 3.8) is 0 Å². The summed E-state index contributed by atoms with van der Waals surface area (Å²) in [5.41, 5.74) is 1.25. The predicted molar refractivity (Wildman–Crippen MR) is 97.1 cm³/mol. The molecule has 1 N–H and O–H groups in total. The molecule has 0 bridgehead atoms. The molecule has 0 atom stereocenters. The Kier molecular flexibility index (Phi) is 5.84. The fraction of sp³-hybridized carbons (Fsp3) is 0.333. The largest absolute Gasteiger partial charge is 0.478 e. The Morgan fingerprint density at radius 1 is 1.07 bits per heavy atom. The predicted octanol–water partition coefficient (Wildman–Crippen LogP) is 4.42. The number of halogens is 2. The van der Waals surface area contributed by atoms with E-state index in [1.54, 1.807) is 23.1 Å². The molecule has 0 spiro atoms.